The van der Waals surface area contributed by atoms with Gasteiger partial charge in [0.2, 0.25) is 0 Å². The molecule has 0 aromatic heterocycles. The Morgan fingerprint density at radius 2 is 1.86 bits per heavy atom. The molecule has 35 heavy (non-hydrogen) atoms. The van der Waals surface area contributed by atoms with Gasteiger partial charge in [0.15, 0.2) is 9.84 Å². The maximum Gasteiger partial charge on any atom is 0.158 e. The highest BCUT2D eigenvalue weighted by molar-refractivity contribution is 7.91. The van der Waals surface area contributed by atoms with E-state index in [-0.39, 0.29) is 23.0 Å². The zero-order valence-electron chi connectivity index (χ0n) is 21.4. The summed E-state index contributed by atoms with van der Waals surface area (Å²) in [5.41, 5.74) is 2.95. The Kier molecular flexibility index (Phi) is 7.51. The van der Waals surface area contributed by atoms with Crippen LogP contribution in [0.1, 0.15) is 50.8 Å². The summed E-state index contributed by atoms with van der Waals surface area (Å²) in [5, 5.41) is 22.9. The molecule has 192 valence electrons. The van der Waals surface area contributed by atoms with E-state index in [1.807, 2.05) is 18.2 Å². The second-order valence-corrected chi connectivity index (χ2v) is 13.5. The lowest BCUT2D eigenvalue weighted by atomic mass is 9.68. The van der Waals surface area contributed by atoms with Crippen molar-refractivity contribution >= 4 is 9.84 Å². The molecule has 0 saturated carbocycles. The van der Waals surface area contributed by atoms with Gasteiger partial charge in [-0.05, 0) is 77.6 Å². The van der Waals surface area contributed by atoms with E-state index in [0.29, 0.717) is 30.6 Å². The van der Waals surface area contributed by atoms with Gasteiger partial charge in [-0.25, -0.2) is 8.42 Å². The summed E-state index contributed by atoms with van der Waals surface area (Å²) < 4.78 is 25.9. The van der Waals surface area contributed by atoms with Crippen molar-refractivity contribution in [2.45, 2.75) is 63.0 Å². The van der Waals surface area contributed by atoms with E-state index >= 15 is 0 Å². The molecule has 2 aromatic rings. The van der Waals surface area contributed by atoms with Gasteiger partial charge in [-0.2, -0.15) is 0 Å². The number of likely N-dealkylation sites (tertiary alicyclic amines) is 1. The Hall–Kier alpha value is -2.09. The lowest BCUT2D eigenvalue weighted by Gasteiger charge is -2.46. The average molecular weight is 501 g/mol. The van der Waals surface area contributed by atoms with Crippen molar-refractivity contribution in [2.75, 3.05) is 26.2 Å². The smallest absolute Gasteiger partial charge is 0.158 e. The van der Waals surface area contributed by atoms with Crippen LogP contribution in [0.4, 0.5) is 0 Å². The van der Waals surface area contributed by atoms with E-state index in [0.717, 1.165) is 37.2 Å². The lowest BCUT2D eigenvalue weighted by Crippen LogP contribution is -2.53. The second-order valence-electron chi connectivity index (χ2n) is 11.2. The predicted molar refractivity (Wildman–Crippen MR) is 141 cm³/mol. The summed E-state index contributed by atoms with van der Waals surface area (Å²) in [6.07, 6.45) is 1.50. The van der Waals surface area contributed by atoms with Gasteiger partial charge < -0.3 is 20.4 Å². The summed E-state index contributed by atoms with van der Waals surface area (Å²) in [5.74, 6) is 1.23. The van der Waals surface area contributed by atoms with Crippen LogP contribution in [0.2, 0.25) is 0 Å². The molecule has 1 saturated heterocycles. The van der Waals surface area contributed by atoms with Crippen molar-refractivity contribution in [3.8, 4) is 11.5 Å². The SMILES string of the molecule is CC(C)[C@@H](CN1CC[C@@](C)(c2cccc(O)c2)[C@@H](C)C1)NC[C@H]1Cc2ccc(O)cc2CS1(=O)=O. The molecule has 4 rings (SSSR count). The van der Waals surface area contributed by atoms with E-state index in [4.69, 9.17) is 0 Å². The fourth-order valence-corrected chi connectivity index (χ4v) is 7.42. The minimum atomic E-state index is -3.27. The van der Waals surface area contributed by atoms with Gasteiger partial charge in [-0.15, -0.1) is 0 Å². The highest BCUT2D eigenvalue weighted by Crippen LogP contribution is 2.40. The molecule has 7 heteroatoms. The Morgan fingerprint density at radius 1 is 1.11 bits per heavy atom. The summed E-state index contributed by atoms with van der Waals surface area (Å²) in [6.45, 7) is 12.2. The molecule has 2 aromatic carbocycles. The zero-order valence-corrected chi connectivity index (χ0v) is 22.2. The van der Waals surface area contributed by atoms with Crippen molar-refractivity contribution < 1.29 is 18.6 Å². The Morgan fingerprint density at radius 3 is 2.54 bits per heavy atom. The van der Waals surface area contributed by atoms with Crippen LogP contribution in [-0.2, 0) is 27.4 Å². The van der Waals surface area contributed by atoms with Crippen molar-refractivity contribution in [1.82, 2.24) is 10.2 Å². The summed E-state index contributed by atoms with van der Waals surface area (Å²) in [6, 6.07) is 12.9. The third-order valence-electron chi connectivity index (χ3n) is 8.44. The van der Waals surface area contributed by atoms with Crippen molar-refractivity contribution in [3.63, 3.8) is 0 Å². The third kappa shape index (κ3) is 5.68. The number of fused-ring (bicyclic) bond motifs is 1. The molecule has 2 aliphatic heterocycles. The number of aromatic hydroxyl groups is 2. The molecule has 4 atom stereocenters. The van der Waals surface area contributed by atoms with Crippen LogP contribution in [0.3, 0.4) is 0 Å². The Labute approximate surface area is 210 Å². The van der Waals surface area contributed by atoms with Crippen molar-refractivity contribution in [2.24, 2.45) is 11.8 Å². The minimum absolute atomic E-state index is 0.00725. The maximum absolute atomic E-state index is 13.0. The van der Waals surface area contributed by atoms with Gasteiger partial charge in [0, 0.05) is 25.7 Å². The number of hydrogen-bond donors (Lipinski definition) is 3. The standard InChI is InChI=1S/C28H40N2O4S/c1-19(2)27(29-15-26-13-21-8-9-25(32)12-22(21)18-35(26,33)34)17-30-11-10-28(4,20(3)16-30)23-6-5-7-24(31)14-23/h5-9,12,14,19-20,26-27,29,31-32H,10-11,13,15-18H2,1-4H3/t20-,26+,27+,28+/m0/s1. The van der Waals surface area contributed by atoms with Crippen LogP contribution in [0, 0.1) is 11.8 Å². The highest BCUT2D eigenvalue weighted by Gasteiger charge is 2.39. The Balaban J connectivity index is 1.38. The number of piperidine rings is 1. The topological polar surface area (TPSA) is 89.9 Å². The Bertz CT molecular complexity index is 1150. The van der Waals surface area contributed by atoms with Gasteiger partial charge in [-0.1, -0.05) is 45.9 Å². The fraction of sp³-hybridized carbons (Fsp3) is 0.571. The number of rotatable bonds is 7. The second kappa shape index (κ2) is 10.1. The number of phenolic OH excluding ortho intramolecular Hbond substituents is 2. The minimum Gasteiger partial charge on any atom is -0.508 e. The summed E-state index contributed by atoms with van der Waals surface area (Å²) in [4.78, 5) is 2.50. The third-order valence-corrected chi connectivity index (χ3v) is 10.5. The molecule has 6 nitrogen and oxygen atoms in total. The monoisotopic (exact) mass is 500 g/mol. The van der Waals surface area contributed by atoms with Crippen LogP contribution >= 0.6 is 0 Å². The van der Waals surface area contributed by atoms with Crippen LogP contribution in [0.15, 0.2) is 42.5 Å². The first-order valence-corrected chi connectivity index (χ1v) is 14.5. The van der Waals surface area contributed by atoms with Gasteiger partial charge in [0.1, 0.15) is 11.5 Å². The molecule has 1 fully saturated rings. The molecule has 0 radical (unpaired) electrons. The normalized spacial score (nSPS) is 27.5. The van der Waals surface area contributed by atoms with E-state index in [1.165, 1.54) is 5.56 Å². The highest BCUT2D eigenvalue weighted by atomic mass is 32.2. The van der Waals surface area contributed by atoms with Gasteiger partial charge in [-0.3, -0.25) is 0 Å². The number of nitrogens with one attached hydrogen (secondary N) is 1. The lowest BCUT2D eigenvalue weighted by molar-refractivity contribution is 0.0958. The van der Waals surface area contributed by atoms with Crippen LogP contribution in [0.5, 0.6) is 11.5 Å². The number of hydrogen-bond acceptors (Lipinski definition) is 6. The number of sulfone groups is 1. The summed E-state index contributed by atoms with van der Waals surface area (Å²) >= 11 is 0. The summed E-state index contributed by atoms with van der Waals surface area (Å²) in [7, 11) is -3.27. The van der Waals surface area contributed by atoms with Crippen LogP contribution in [-0.4, -0.2) is 61.0 Å². The molecule has 0 aliphatic carbocycles. The molecular formula is C28H40N2O4S. The van der Waals surface area contributed by atoms with E-state index in [1.54, 1.807) is 18.2 Å². The molecule has 0 spiro atoms. The molecule has 0 amide bonds. The van der Waals surface area contributed by atoms with Crippen molar-refractivity contribution in [3.05, 3.63) is 59.2 Å². The largest absolute Gasteiger partial charge is 0.508 e. The maximum atomic E-state index is 13.0. The first-order chi connectivity index (χ1) is 16.5. The molecule has 3 N–H and O–H groups in total. The first kappa shape index (κ1) is 26.0. The quantitative estimate of drug-likeness (QED) is 0.535. The zero-order chi connectivity index (χ0) is 25.4. The molecule has 2 aliphatic rings. The van der Waals surface area contributed by atoms with Gasteiger partial charge in [0.25, 0.3) is 0 Å². The van der Waals surface area contributed by atoms with Gasteiger partial charge >= 0.3 is 0 Å². The van der Waals surface area contributed by atoms with Crippen molar-refractivity contribution in [1.29, 1.82) is 0 Å². The van der Waals surface area contributed by atoms with E-state index in [2.05, 4.69) is 44.0 Å². The number of nitrogens with zero attached hydrogens (tertiary/aromatic N) is 1. The molecular weight excluding hydrogens is 460 g/mol. The predicted octanol–water partition coefficient (Wildman–Crippen LogP) is 3.85. The van der Waals surface area contributed by atoms with Crippen LogP contribution in [0.25, 0.3) is 0 Å². The number of benzene rings is 2. The molecule has 2 heterocycles. The first-order valence-electron chi connectivity index (χ1n) is 12.8. The average Bonchev–Trinajstić information content (AvgIpc) is 2.78. The van der Waals surface area contributed by atoms with Crippen LogP contribution < -0.4 is 5.32 Å². The molecule has 0 bridgehead atoms. The van der Waals surface area contributed by atoms with Gasteiger partial charge in [0.05, 0.1) is 11.0 Å². The fourth-order valence-electron chi connectivity index (χ4n) is 5.70. The number of phenols is 2. The van der Waals surface area contributed by atoms with E-state index < -0.39 is 15.1 Å². The van der Waals surface area contributed by atoms with E-state index in [9.17, 15) is 18.6 Å². The molecule has 0 unspecified atom stereocenters.